The third kappa shape index (κ3) is 3.36. The molecule has 19 heavy (non-hydrogen) atoms. The summed E-state index contributed by atoms with van der Waals surface area (Å²) in [7, 11) is 0. The second-order valence-corrected chi connectivity index (χ2v) is 5.50. The summed E-state index contributed by atoms with van der Waals surface area (Å²) >= 11 is 0. The number of piperidine rings is 1. The fraction of sp³-hybridized carbons (Fsp3) is 0.571. The SMILES string of the molecule is CC(=O)Nc1ccc(C(=O)N2C[C@@H](C)C[C@H](C)C2)o1. The van der Waals surface area contributed by atoms with Crippen molar-refractivity contribution in [2.75, 3.05) is 18.4 Å². The highest BCUT2D eigenvalue weighted by atomic mass is 16.4. The number of furan rings is 1. The topological polar surface area (TPSA) is 62.6 Å². The van der Waals surface area contributed by atoms with Gasteiger partial charge in [0.1, 0.15) is 0 Å². The molecule has 5 heteroatoms. The molecule has 1 aliphatic heterocycles. The minimum atomic E-state index is -0.214. The van der Waals surface area contributed by atoms with Gasteiger partial charge in [0.15, 0.2) is 11.6 Å². The molecule has 1 aromatic rings. The van der Waals surface area contributed by atoms with Gasteiger partial charge >= 0.3 is 0 Å². The van der Waals surface area contributed by atoms with Crippen molar-refractivity contribution in [1.82, 2.24) is 4.90 Å². The lowest BCUT2D eigenvalue weighted by Crippen LogP contribution is -2.42. The first-order valence-corrected chi connectivity index (χ1v) is 6.62. The van der Waals surface area contributed by atoms with E-state index in [0.29, 0.717) is 17.7 Å². The second-order valence-electron chi connectivity index (χ2n) is 5.50. The molecular formula is C14H20N2O3. The molecule has 1 saturated heterocycles. The Bertz CT molecular complexity index is 471. The molecule has 0 bridgehead atoms. The highest BCUT2D eigenvalue weighted by molar-refractivity contribution is 5.93. The van der Waals surface area contributed by atoms with Crippen LogP contribution in [0.25, 0.3) is 0 Å². The number of hydrogen-bond acceptors (Lipinski definition) is 3. The Balaban J connectivity index is 2.06. The maximum absolute atomic E-state index is 12.3. The molecule has 5 nitrogen and oxygen atoms in total. The quantitative estimate of drug-likeness (QED) is 0.892. The molecule has 0 radical (unpaired) electrons. The number of rotatable bonds is 2. The Kier molecular flexibility index (Phi) is 3.93. The van der Waals surface area contributed by atoms with Crippen LogP contribution in [0.5, 0.6) is 0 Å². The zero-order chi connectivity index (χ0) is 14.0. The highest BCUT2D eigenvalue weighted by Crippen LogP contribution is 2.23. The molecule has 2 amide bonds. The molecule has 104 valence electrons. The van der Waals surface area contributed by atoms with E-state index in [9.17, 15) is 9.59 Å². The summed E-state index contributed by atoms with van der Waals surface area (Å²) in [5.41, 5.74) is 0. The third-order valence-electron chi connectivity index (χ3n) is 3.27. The number of likely N-dealkylation sites (tertiary alicyclic amines) is 1. The molecule has 0 aromatic carbocycles. The fourth-order valence-corrected chi connectivity index (χ4v) is 2.68. The molecule has 2 atom stereocenters. The minimum Gasteiger partial charge on any atom is -0.435 e. The molecule has 1 fully saturated rings. The Morgan fingerprint density at radius 2 is 1.89 bits per heavy atom. The summed E-state index contributed by atoms with van der Waals surface area (Å²) in [4.78, 5) is 25.1. The van der Waals surface area contributed by atoms with E-state index in [4.69, 9.17) is 4.42 Å². The van der Waals surface area contributed by atoms with Crippen LogP contribution in [0.2, 0.25) is 0 Å². The van der Waals surface area contributed by atoms with Gasteiger partial charge in [-0.1, -0.05) is 13.8 Å². The lowest BCUT2D eigenvalue weighted by Gasteiger charge is -2.34. The molecule has 1 aliphatic rings. The summed E-state index contributed by atoms with van der Waals surface area (Å²) < 4.78 is 5.36. The van der Waals surface area contributed by atoms with Gasteiger partial charge in [-0.25, -0.2) is 0 Å². The molecule has 2 heterocycles. The van der Waals surface area contributed by atoms with Crippen LogP contribution in [0.3, 0.4) is 0 Å². The maximum Gasteiger partial charge on any atom is 0.289 e. The molecule has 0 saturated carbocycles. The number of carbonyl (C=O) groups excluding carboxylic acids is 2. The van der Waals surface area contributed by atoms with Crippen molar-refractivity contribution in [3.8, 4) is 0 Å². The van der Waals surface area contributed by atoms with Gasteiger partial charge in [0.2, 0.25) is 5.91 Å². The van der Waals surface area contributed by atoms with Crippen molar-refractivity contribution in [2.45, 2.75) is 27.2 Å². The lowest BCUT2D eigenvalue weighted by atomic mass is 9.92. The molecule has 1 aromatic heterocycles. The third-order valence-corrected chi connectivity index (χ3v) is 3.27. The Hall–Kier alpha value is -1.78. The summed E-state index contributed by atoms with van der Waals surface area (Å²) in [5, 5.41) is 2.52. The van der Waals surface area contributed by atoms with Gasteiger partial charge in [-0.3, -0.25) is 14.9 Å². The molecular weight excluding hydrogens is 244 g/mol. The van der Waals surface area contributed by atoms with E-state index in [1.165, 1.54) is 6.92 Å². The monoisotopic (exact) mass is 264 g/mol. The second kappa shape index (κ2) is 5.47. The van der Waals surface area contributed by atoms with E-state index >= 15 is 0 Å². The zero-order valence-corrected chi connectivity index (χ0v) is 11.6. The first-order valence-electron chi connectivity index (χ1n) is 6.62. The van der Waals surface area contributed by atoms with Crippen LogP contribution in [-0.2, 0) is 4.79 Å². The van der Waals surface area contributed by atoms with Crippen molar-refractivity contribution < 1.29 is 14.0 Å². The Labute approximate surface area is 113 Å². The normalized spacial score (nSPS) is 23.2. The molecule has 2 rings (SSSR count). The Morgan fingerprint density at radius 3 is 2.47 bits per heavy atom. The Morgan fingerprint density at radius 1 is 1.26 bits per heavy atom. The van der Waals surface area contributed by atoms with Crippen LogP contribution in [0.4, 0.5) is 5.88 Å². The van der Waals surface area contributed by atoms with E-state index in [1.54, 1.807) is 12.1 Å². The van der Waals surface area contributed by atoms with Gasteiger partial charge in [0.05, 0.1) is 0 Å². The molecule has 1 N–H and O–H groups in total. The van der Waals surface area contributed by atoms with E-state index in [1.807, 2.05) is 4.90 Å². The average Bonchev–Trinajstić information content (AvgIpc) is 2.74. The molecule has 0 unspecified atom stereocenters. The summed E-state index contributed by atoms with van der Waals surface area (Å²) in [5.74, 6) is 1.30. The van der Waals surface area contributed by atoms with Crippen molar-refractivity contribution in [1.29, 1.82) is 0 Å². The van der Waals surface area contributed by atoms with Crippen LogP contribution in [0.15, 0.2) is 16.5 Å². The van der Waals surface area contributed by atoms with Gasteiger partial charge in [0, 0.05) is 26.1 Å². The summed E-state index contributed by atoms with van der Waals surface area (Å²) in [6.07, 6.45) is 1.15. The first-order chi connectivity index (χ1) is 8.95. The van der Waals surface area contributed by atoms with Gasteiger partial charge < -0.3 is 9.32 Å². The van der Waals surface area contributed by atoms with E-state index in [0.717, 1.165) is 19.5 Å². The van der Waals surface area contributed by atoms with E-state index in [2.05, 4.69) is 19.2 Å². The first kappa shape index (κ1) is 13.6. The van der Waals surface area contributed by atoms with Crippen molar-refractivity contribution in [3.05, 3.63) is 17.9 Å². The molecule has 0 aliphatic carbocycles. The predicted octanol–water partition coefficient (Wildman–Crippen LogP) is 2.36. The van der Waals surface area contributed by atoms with Gasteiger partial charge in [0.25, 0.3) is 5.91 Å². The van der Waals surface area contributed by atoms with Crippen molar-refractivity contribution in [3.63, 3.8) is 0 Å². The van der Waals surface area contributed by atoms with Gasteiger partial charge in [-0.05, 0) is 24.3 Å². The number of hydrogen-bond donors (Lipinski definition) is 1. The smallest absolute Gasteiger partial charge is 0.289 e. The molecule has 0 spiro atoms. The van der Waals surface area contributed by atoms with Crippen LogP contribution >= 0.6 is 0 Å². The average molecular weight is 264 g/mol. The number of carbonyl (C=O) groups is 2. The number of amides is 2. The predicted molar refractivity (Wildman–Crippen MR) is 71.9 cm³/mol. The lowest BCUT2D eigenvalue weighted by molar-refractivity contribution is -0.114. The number of nitrogens with one attached hydrogen (secondary N) is 1. The van der Waals surface area contributed by atoms with Crippen LogP contribution in [0, 0.1) is 11.8 Å². The van der Waals surface area contributed by atoms with Crippen LogP contribution < -0.4 is 5.32 Å². The van der Waals surface area contributed by atoms with Crippen LogP contribution in [0.1, 0.15) is 37.7 Å². The van der Waals surface area contributed by atoms with Gasteiger partial charge in [-0.2, -0.15) is 0 Å². The minimum absolute atomic E-state index is 0.102. The fourth-order valence-electron chi connectivity index (χ4n) is 2.68. The highest BCUT2D eigenvalue weighted by Gasteiger charge is 2.27. The van der Waals surface area contributed by atoms with Crippen LogP contribution in [-0.4, -0.2) is 29.8 Å². The largest absolute Gasteiger partial charge is 0.435 e. The summed E-state index contributed by atoms with van der Waals surface area (Å²) in [6.45, 7) is 7.23. The van der Waals surface area contributed by atoms with E-state index in [-0.39, 0.29) is 17.6 Å². The zero-order valence-electron chi connectivity index (χ0n) is 11.6. The van der Waals surface area contributed by atoms with Crippen molar-refractivity contribution in [2.24, 2.45) is 11.8 Å². The summed E-state index contributed by atoms with van der Waals surface area (Å²) in [6, 6.07) is 3.21. The van der Waals surface area contributed by atoms with Crippen molar-refractivity contribution >= 4 is 17.7 Å². The van der Waals surface area contributed by atoms with Gasteiger partial charge in [-0.15, -0.1) is 0 Å². The van der Waals surface area contributed by atoms with E-state index < -0.39 is 0 Å². The maximum atomic E-state index is 12.3. The number of anilines is 1. The number of nitrogens with zero attached hydrogens (tertiary/aromatic N) is 1. The standard InChI is InChI=1S/C14H20N2O3/c1-9-6-10(2)8-16(7-9)14(18)12-4-5-13(19-12)15-11(3)17/h4-5,9-10H,6-8H2,1-3H3,(H,15,17)/t9-,10-/m0/s1.